The molecule has 0 amide bonds. The first-order valence-electron chi connectivity index (χ1n) is 9.53. The maximum Gasteiger partial charge on any atom is 0.0727 e. The molecule has 0 saturated heterocycles. The van der Waals surface area contributed by atoms with Crippen LogP contribution in [0.3, 0.4) is 0 Å². The van der Waals surface area contributed by atoms with E-state index in [0.717, 1.165) is 24.4 Å². The van der Waals surface area contributed by atoms with Gasteiger partial charge in [0.2, 0.25) is 0 Å². The standard InChI is InChI=1S/C23H32N2S/c1-7-9-15-25(22-12-10-11-21(24-6)18(22)4)19(5)26-23-16-20(8-2)14-13-17(23)3/h10-14,16,24H,5,7-9,15H2,1-4,6H3. The van der Waals surface area contributed by atoms with Crippen LogP contribution in [0.25, 0.3) is 0 Å². The van der Waals surface area contributed by atoms with E-state index in [9.17, 15) is 0 Å². The van der Waals surface area contributed by atoms with Gasteiger partial charge in [0.1, 0.15) is 0 Å². The molecule has 0 aromatic heterocycles. The van der Waals surface area contributed by atoms with Gasteiger partial charge in [-0.05, 0) is 61.6 Å². The molecule has 2 aromatic carbocycles. The summed E-state index contributed by atoms with van der Waals surface area (Å²) in [5.41, 5.74) is 6.37. The summed E-state index contributed by atoms with van der Waals surface area (Å²) < 4.78 is 0. The zero-order valence-corrected chi connectivity index (χ0v) is 17.7. The predicted octanol–water partition coefficient (Wildman–Crippen LogP) is 6.78. The van der Waals surface area contributed by atoms with Crippen molar-refractivity contribution in [2.45, 2.75) is 51.9 Å². The van der Waals surface area contributed by atoms with E-state index < -0.39 is 0 Å². The molecule has 3 heteroatoms. The van der Waals surface area contributed by atoms with E-state index in [1.807, 2.05) is 7.05 Å². The topological polar surface area (TPSA) is 15.3 Å². The van der Waals surface area contributed by atoms with Gasteiger partial charge in [0.05, 0.1) is 5.03 Å². The molecule has 0 spiro atoms. The number of anilines is 2. The molecule has 1 N–H and O–H groups in total. The van der Waals surface area contributed by atoms with Gasteiger partial charge >= 0.3 is 0 Å². The van der Waals surface area contributed by atoms with E-state index in [2.05, 4.69) is 80.9 Å². The number of rotatable bonds is 9. The molecule has 2 nitrogen and oxygen atoms in total. The van der Waals surface area contributed by atoms with E-state index in [-0.39, 0.29) is 0 Å². The van der Waals surface area contributed by atoms with Crippen molar-refractivity contribution in [1.29, 1.82) is 0 Å². The molecular weight excluding hydrogens is 336 g/mol. The van der Waals surface area contributed by atoms with Crippen LogP contribution in [-0.4, -0.2) is 13.6 Å². The van der Waals surface area contributed by atoms with Gasteiger partial charge in [-0.2, -0.15) is 0 Å². The molecule has 0 unspecified atom stereocenters. The van der Waals surface area contributed by atoms with Crippen LogP contribution >= 0.6 is 11.8 Å². The van der Waals surface area contributed by atoms with Crippen molar-refractivity contribution in [2.75, 3.05) is 23.8 Å². The van der Waals surface area contributed by atoms with Crippen LogP contribution in [0.5, 0.6) is 0 Å². The Labute approximate surface area is 163 Å². The van der Waals surface area contributed by atoms with Gasteiger partial charge in [0.15, 0.2) is 0 Å². The molecule has 0 heterocycles. The molecule has 0 radical (unpaired) electrons. The zero-order chi connectivity index (χ0) is 19.1. The van der Waals surface area contributed by atoms with E-state index in [0.29, 0.717) is 0 Å². The third-order valence-electron chi connectivity index (χ3n) is 4.79. The Morgan fingerprint density at radius 3 is 2.58 bits per heavy atom. The Bertz CT molecular complexity index is 752. The van der Waals surface area contributed by atoms with Crippen molar-refractivity contribution in [3.05, 3.63) is 64.7 Å². The average molecular weight is 369 g/mol. The maximum atomic E-state index is 4.44. The Hall–Kier alpha value is -1.87. The first-order chi connectivity index (χ1) is 12.5. The van der Waals surface area contributed by atoms with Gasteiger partial charge in [-0.15, -0.1) is 0 Å². The van der Waals surface area contributed by atoms with Gasteiger partial charge in [0, 0.05) is 29.9 Å². The Morgan fingerprint density at radius 2 is 1.92 bits per heavy atom. The molecule has 26 heavy (non-hydrogen) atoms. The van der Waals surface area contributed by atoms with Gasteiger partial charge < -0.3 is 10.2 Å². The summed E-state index contributed by atoms with van der Waals surface area (Å²) in [4.78, 5) is 3.68. The maximum absolute atomic E-state index is 4.44. The largest absolute Gasteiger partial charge is 0.388 e. The molecule has 0 aliphatic heterocycles. The van der Waals surface area contributed by atoms with Gasteiger partial charge in [0.25, 0.3) is 0 Å². The van der Waals surface area contributed by atoms with Crippen LogP contribution in [0.2, 0.25) is 0 Å². The molecule has 2 aromatic rings. The number of unbranched alkanes of at least 4 members (excludes halogenated alkanes) is 1. The number of hydrogen-bond acceptors (Lipinski definition) is 3. The summed E-state index contributed by atoms with van der Waals surface area (Å²) in [6.07, 6.45) is 3.38. The molecule has 2 rings (SSSR count). The summed E-state index contributed by atoms with van der Waals surface area (Å²) in [5.74, 6) is 0. The number of nitrogens with zero attached hydrogens (tertiary/aromatic N) is 1. The fourth-order valence-electron chi connectivity index (χ4n) is 3.04. The highest BCUT2D eigenvalue weighted by Gasteiger charge is 2.16. The Morgan fingerprint density at radius 1 is 1.15 bits per heavy atom. The highest BCUT2D eigenvalue weighted by Crippen LogP contribution is 2.36. The highest BCUT2D eigenvalue weighted by atomic mass is 32.2. The Balaban J connectivity index is 2.33. The van der Waals surface area contributed by atoms with Crippen molar-refractivity contribution >= 4 is 23.1 Å². The molecule has 0 saturated carbocycles. The lowest BCUT2D eigenvalue weighted by molar-refractivity contribution is 0.778. The number of thioether (sulfide) groups is 1. The first kappa shape index (κ1) is 20.4. The van der Waals surface area contributed by atoms with Crippen molar-refractivity contribution in [3.63, 3.8) is 0 Å². The minimum Gasteiger partial charge on any atom is -0.388 e. The lowest BCUT2D eigenvalue weighted by atomic mass is 10.1. The highest BCUT2D eigenvalue weighted by molar-refractivity contribution is 8.03. The monoisotopic (exact) mass is 368 g/mol. The summed E-state index contributed by atoms with van der Waals surface area (Å²) >= 11 is 1.79. The predicted molar refractivity (Wildman–Crippen MR) is 119 cm³/mol. The minimum absolute atomic E-state index is 0.989. The van der Waals surface area contributed by atoms with Crippen LogP contribution in [0, 0.1) is 13.8 Å². The first-order valence-corrected chi connectivity index (χ1v) is 10.3. The lowest BCUT2D eigenvalue weighted by Crippen LogP contribution is -2.22. The summed E-state index contributed by atoms with van der Waals surface area (Å²) in [6.45, 7) is 14.2. The fraction of sp³-hybridized carbons (Fsp3) is 0.391. The number of aryl methyl sites for hydroxylation is 2. The van der Waals surface area contributed by atoms with Crippen LogP contribution < -0.4 is 10.2 Å². The minimum atomic E-state index is 0.989. The smallest absolute Gasteiger partial charge is 0.0727 e. The van der Waals surface area contributed by atoms with Gasteiger partial charge in [-0.25, -0.2) is 0 Å². The Kier molecular flexibility index (Phi) is 7.65. The fourth-order valence-corrected chi connectivity index (χ4v) is 4.03. The molecule has 0 bridgehead atoms. The normalized spacial score (nSPS) is 10.7. The van der Waals surface area contributed by atoms with E-state index in [4.69, 9.17) is 0 Å². The van der Waals surface area contributed by atoms with Gasteiger partial charge in [-0.3, -0.25) is 0 Å². The van der Waals surface area contributed by atoms with Crippen LogP contribution in [0.1, 0.15) is 43.4 Å². The second kappa shape index (κ2) is 9.72. The van der Waals surface area contributed by atoms with E-state index >= 15 is 0 Å². The van der Waals surface area contributed by atoms with Gasteiger partial charge in [-0.1, -0.05) is 56.8 Å². The lowest BCUT2D eigenvalue weighted by Gasteiger charge is -2.29. The molecule has 0 aliphatic carbocycles. The second-order valence-electron chi connectivity index (χ2n) is 6.65. The summed E-state index contributed by atoms with van der Waals surface area (Å²) in [6, 6.07) is 13.2. The number of hydrogen-bond donors (Lipinski definition) is 1. The van der Waals surface area contributed by atoms with Crippen molar-refractivity contribution in [3.8, 4) is 0 Å². The molecule has 0 atom stereocenters. The van der Waals surface area contributed by atoms with Crippen LogP contribution in [-0.2, 0) is 6.42 Å². The molecule has 140 valence electrons. The van der Waals surface area contributed by atoms with Crippen molar-refractivity contribution in [2.24, 2.45) is 0 Å². The zero-order valence-electron chi connectivity index (χ0n) is 16.9. The quantitative estimate of drug-likeness (QED) is 0.491. The van der Waals surface area contributed by atoms with Crippen molar-refractivity contribution in [1.82, 2.24) is 0 Å². The third-order valence-corrected chi connectivity index (χ3v) is 5.91. The van der Waals surface area contributed by atoms with Crippen molar-refractivity contribution < 1.29 is 0 Å². The van der Waals surface area contributed by atoms with E-state index in [1.165, 1.54) is 39.4 Å². The second-order valence-corrected chi connectivity index (χ2v) is 7.77. The molecule has 0 fully saturated rings. The summed E-state index contributed by atoms with van der Waals surface area (Å²) in [7, 11) is 1.98. The summed E-state index contributed by atoms with van der Waals surface area (Å²) in [5, 5.41) is 4.39. The third kappa shape index (κ3) is 4.85. The van der Waals surface area contributed by atoms with E-state index in [1.54, 1.807) is 11.8 Å². The molecular formula is C23H32N2S. The van der Waals surface area contributed by atoms with Crippen LogP contribution in [0.4, 0.5) is 11.4 Å². The number of nitrogens with one attached hydrogen (secondary N) is 1. The number of benzene rings is 2. The molecule has 0 aliphatic rings. The van der Waals surface area contributed by atoms with Crippen LogP contribution in [0.15, 0.2) is 52.9 Å². The SMILES string of the molecule is C=C(Sc1cc(CC)ccc1C)N(CCCC)c1cccc(NC)c1C. The average Bonchev–Trinajstić information content (AvgIpc) is 2.65.